The topological polar surface area (TPSA) is 86.6 Å². The average molecular weight is 185 g/mol. The first-order valence-corrected chi connectivity index (χ1v) is 3.68. The second-order valence-electron chi connectivity index (χ2n) is 2.35. The first-order chi connectivity index (χ1) is 6.11. The van der Waals surface area contributed by atoms with Gasteiger partial charge in [0.15, 0.2) is 0 Å². The summed E-state index contributed by atoms with van der Waals surface area (Å²) in [6, 6.07) is -1.06. The smallest absolute Gasteiger partial charge is 0.326 e. The number of carboxylic acids is 1. The Kier molecular flexibility index (Phi) is 5.32. The van der Waals surface area contributed by atoms with Gasteiger partial charge in [0.1, 0.15) is 6.04 Å². The van der Waals surface area contributed by atoms with Crippen LogP contribution in [0.15, 0.2) is 0 Å². The summed E-state index contributed by atoms with van der Waals surface area (Å²) >= 11 is 0. The summed E-state index contributed by atoms with van der Waals surface area (Å²) in [5.41, 5.74) is 0. The molecule has 0 aliphatic carbocycles. The molecule has 0 aromatic heterocycles. The summed E-state index contributed by atoms with van der Waals surface area (Å²) < 4.78 is 0. The van der Waals surface area contributed by atoms with E-state index in [1.54, 1.807) is 0 Å². The van der Waals surface area contributed by atoms with Crippen molar-refractivity contribution in [3.63, 3.8) is 0 Å². The van der Waals surface area contributed by atoms with E-state index in [0.717, 1.165) is 0 Å². The van der Waals surface area contributed by atoms with Crippen LogP contribution in [0.5, 0.6) is 0 Å². The van der Waals surface area contributed by atoms with Crippen LogP contribution < -0.4 is 5.32 Å². The maximum absolute atomic E-state index is 10.8. The Balaban J connectivity index is 4.03. The second-order valence-corrected chi connectivity index (χ2v) is 2.35. The predicted molar refractivity (Wildman–Crippen MR) is 44.7 cm³/mol. The molecule has 13 heavy (non-hydrogen) atoms. The first-order valence-electron chi connectivity index (χ1n) is 3.68. The van der Waals surface area contributed by atoms with Crippen molar-refractivity contribution in [3.05, 3.63) is 0 Å². The number of nitrogens with one attached hydrogen (secondary N) is 1. The normalized spacial score (nSPS) is 11.4. The fourth-order valence-corrected chi connectivity index (χ4v) is 0.725. The molecule has 0 aromatic rings. The molecule has 0 aliphatic rings. The molecule has 0 aromatic carbocycles. The van der Waals surface area contributed by atoms with Gasteiger partial charge in [0.2, 0.25) is 5.91 Å². The van der Waals surface area contributed by atoms with Gasteiger partial charge in [-0.15, -0.1) is 6.42 Å². The summed E-state index contributed by atoms with van der Waals surface area (Å²) in [5, 5.41) is 19.2. The zero-order valence-corrected chi connectivity index (χ0v) is 6.99. The molecule has 1 amide bonds. The van der Waals surface area contributed by atoms with Crippen LogP contribution in [-0.2, 0) is 9.59 Å². The van der Waals surface area contributed by atoms with Crippen molar-refractivity contribution in [2.75, 3.05) is 6.61 Å². The Morgan fingerprint density at radius 3 is 2.54 bits per heavy atom. The maximum Gasteiger partial charge on any atom is 0.326 e. The molecule has 0 saturated carbocycles. The van der Waals surface area contributed by atoms with E-state index in [1.165, 1.54) is 0 Å². The molecule has 0 heterocycles. The maximum atomic E-state index is 10.8. The minimum atomic E-state index is -1.18. The molecular formula is C8H11NO4. The van der Waals surface area contributed by atoms with E-state index >= 15 is 0 Å². The van der Waals surface area contributed by atoms with Crippen molar-refractivity contribution in [1.29, 1.82) is 0 Å². The van der Waals surface area contributed by atoms with E-state index in [2.05, 4.69) is 11.2 Å². The molecule has 5 nitrogen and oxygen atoms in total. The number of aliphatic hydroxyl groups is 1. The van der Waals surface area contributed by atoms with Gasteiger partial charge in [-0.3, -0.25) is 4.79 Å². The van der Waals surface area contributed by atoms with E-state index in [1.807, 2.05) is 0 Å². The number of aliphatic carboxylic acids is 1. The highest BCUT2D eigenvalue weighted by Gasteiger charge is 2.18. The zero-order chi connectivity index (χ0) is 10.3. The van der Waals surface area contributed by atoms with Gasteiger partial charge >= 0.3 is 5.97 Å². The minimum absolute atomic E-state index is 0.0222. The highest BCUT2D eigenvalue weighted by molar-refractivity contribution is 5.84. The Morgan fingerprint density at radius 1 is 1.54 bits per heavy atom. The highest BCUT2D eigenvalue weighted by Crippen LogP contribution is 1.92. The number of hydrogen-bond donors (Lipinski definition) is 3. The second kappa shape index (κ2) is 6.03. The van der Waals surface area contributed by atoms with Gasteiger partial charge in [-0.25, -0.2) is 4.79 Å². The van der Waals surface area contributed by atoms with Crippen molar-refractivity contribution in [3.8, 4) is 12.3 Å². The lowest BCUT2D eigenvalue weighted by molar-refractivity contribution is -0.142. The van der Waals surface area contributed by atoms with Gasteiger partial charge in [0, 0.05) is 13.0 Å². The van der Waals surface area contributed by atoms with E-state index < -0.39 is 17.9 Å². The molecule has 72 valence electrons. The monoisotopic (exact) mass is 185 g/mol. The van der Waals surface area contributed by atoms with Crippen LogP contribution in [0, 0.1) is 12.3 Å². The van der Waals surface area contributed by atoms with E-state index in [9.17, 15) is 9.59 Å². The number of amides is 1. The van der Waals surface area contributed by atoms with Gasteiger partial charge in [-0.05, 0) is 0 Å². The third-order valence-electron chi connectivity index (χ3n) is 1.31. The summed E-state index contributed by atoms with van der Waals surface area (Å²) in [6.07, 6.45) is 4.67. The lowest BCUT2D eigenvalue weighted by Gasteiger charge is -2.11. The lowest BCUT2D eigenvalue weighted by atomic mass is 10.2. The van der Waals surface area contributed by atoms with Gasteiger partial charge in [-0.1, -0.05) is 5.92 Å². The molecule has 0 radical (unpaired) electrons. The fraction of sp³-hybridized carbons (Fsp3) is 0.500. The molecule has 0 spiro atoms. The third kappa shape index (κ3) is 4.82. The summed E-state index contributed by atoms with van der Waals surface area (Å²) in [6.45, 7) is -0.298. The lowest BCUT2D eigenvalue weighted by Crippen LogP contribution is -2.41. The number of carbonyl (C=O) groups excluding carboxylic acids is 1. The standard InChI is InChI=1S/C8H11NO4/c1-2-3-7(11)9-6(4-5-10)8(12)13/h1,6,10H,3-5H2,(H,9,11)(H,12,13)/t6-/m0/s1. The van der Waals surface area contributed by atoms with Crippen molar-refractivity contribution in [2.24, 2.45) is 0 Å². The van der Waals surface area contributed by atoms with Crippen LogP contribution in [0.2, 0.25) is 0 Å². The summed E-state index contributed by atoms with van der Waals surface area (Å²) in [5.74, 6) is 0.381. The largest absolute Gasteiger partial charge is 0.480 e. The van der Waals surface area contributed by atoms with Crippen molar-refractivity contribution >= 4 is 11.9 Å². The van der Waals surface area contributed by atoms with Crippen LogP contribution in [0.1, 0.15) is 12.8 Å². The van der Waals surface area contributed by atoms with Gasteiger partial charge < -0.3 is 15.5 Å². The molecule has 3 N–H and O–H groups in total. The summed E-state index contributed by atoms with van der Waals surface area (Å²) in [4.78, 5) is 21.3. The Labute approximate surface area is 75.8 Å². The first kappa shape index (κ1) is 11.5. The third-order valence-corrected chi connectivity index (χ3v) is 1.31. The molecule has 0 bridgehead atoms. The van der Waals surface area contributed by atoms with Gasteiger partial charge in [-0.2, -0.15) is 0 Å². The molecule has 0 saturated heterocycles. The van der Waals surface area contributed by atoms with Gasteiger partial charge in [0.25, 0.3) is 0 Å². The fourth-order valence-electron chi connectivity index (χ4n) is 0.725. The molecule has 0 aliphatic heterocycles. The SMILES string of the molecule is C#CCC(=O)N[C@@H](CCO)C(=O)O. The molecular weight excluding hydrogens is 174 g/mol. The van der Waals surface area contributed by atoms with Crippen LogP contribution in [0.3, 0.4) is 0 Å². The number of hydrogen-bond acceptors (Lipinski definition) is 3. The summed E-state index contributed by atoms with van der Waals surface area (Å²) in [7, 11) is 0. The van der Waals surface area contributed by atoms with Gasteiger partial charge in [0.05, 0.1) is 6.42 Å². The Hall–Kier alpha value is -1.54. The Bertz CT molecular complexity index is 231. The number of rotatable bonds is 5. The molecule has 0 rings (SSSR count). The zero-order valence-electron chi connectivity index (χ0n) is 6.99. The molecule has 0 fully saturated rings. The van der Waals surface area contributed by atoms with Crippen LogP contribution in [-0.4, -0.2) is 34.7 Å². The Morgan fingerprint density at radius 2 is 2.15 bits per heavy atom. The van der Waals surface area contributed by atoms with E-state index in [0.29, 0.717) is 0 Å². The van der Waals surface area contributed by atoms with Crippen LogP contribution in [0.25, 0.3) is 0 Å². The van der Waals surface area contributed by atoms with Crippen molar-refractivity contribution < 1.29 is 19.8 Å². The number of terminal acetylenes is 1. The number of aliphatic hydroxyl groups excluding tert-OH is 1. The van der Waals surface area contributed by atoms with Crippen molar-refractivity contribution in [1.82, 2.24) is 5.32 Å². The van der Waals surface area contributed by atoms with Crippen LogP contribution >= 0.6 is 0 Å². The minimum Gasteiger partial charge on any atom is -0.480 e. The molecule has 5 heteroatoms. The van der Waals surface area contributed by atoms with Crippen molar-refractivity contribution in [2.45, 2.75) is 18.9 Å². The predicted octanol–water partition coefficient (Wildman–Crippen LogP) is -1.04. The molecule has 0 unspecified atom stereocenters. The number of carboxylic acid groups (broad SMARTS) is 1. The van der Waals surface area contributed by atoms with E-state index in [-0.39, 0.29) is 19.4 Å². The quantitative estimate of drug-likeness (QED) is 0.477. The van der Waals surface area contributed by atoms with Crippen LogP contribution in [0.4, 0.5) is 0 Å². The number of carbonyl (C=O) groups is 2. The molecule has 1 atom stereocenters. The highest BCUT2D eigenvalue weighted by atomic mass is 16.4. The average Bonchev–Trinajstić information content (AvgIpc) is 2.04. The van der Waals surface area contributed by atoms with E-state index in [4.69, 9.17) is 16.6 Å².